The fourth-order valence-electron chi connectivity index (χ4n) is 4.23. The minimum atomic E-state index is -0.351. The van der Waals surface area contributed by atoms with Crippen molar-refractivity contribution in [2.75, 3.05) is 6.61 Å². The van der Waals surface area contributed by atoms with E-state index in [1.807, 2.05) is 49.4 Å². The minimum absolute atomic E-state index is 0.0178. The van der Waals surface area contributed by atoms with Crippen LogP contribution in [0.2, 0.25) is 0 Å². The van der Waals surface area contributed by atoms with Gasteiger partial charge >= 0.3 is 0 Å². The minimum Gasteiger partial charge on any atom is -0.493 e. The van der Waals surface area contributed by atoms with E-state index < -0.39 is 0 Å². The highest BCUT2D eigenvalue weighted by molar-refractivity contribution is 5.82. The molecule has 1 aliphatic heterocycles. The highest BCUT2D eigenvalue weighted by atomic mass is 16.5. The predicted octanol–water partition coefficient (Wildman–Crippen LogP) is 4.30. The number of benzene rings is 2. The molecular formula is C24H30N4O2. The molecular weight excluding hydrogens is 376 g/mol. The zero-order chi connectivity index (χ0) is 21.3. The Morgan fingerprint density at radius 3 is 2.63 bits per heavy atom. The summed E-state index contributed by atoms with van der Waals surface area (Å²) in [6, 6.07) is 15.9. The Balaban J connectivity index is 1.48. The van der Waals surface area contributed by atoms with Crippen LogP contribution in [0, 0.1) is 0 Å². The van der Waals surface area contributed by atoms with Crippen molar-refractivity contribution in [1.82, 2.24) is 20.2 Å². The molecule has 3 aromatic rings. The average Bonchev–Trinajstić information content (AvgIpc) is 3.14. The number of nitrogens with one attached hydrogen (secondary N) is 2. The molecule has 0 spiro atoms. The second kappa shape index (κ2) is 8.48. The number of amides is 1. The Labute approximate surface area is 177 Å². The van der Waals surface area contributed by atoms with Gasteiger partial charge < -0.3 is 14.6 Å². The molecule has 0 fully saturated rings. The first-order valence-corrected chi connectivity index (χ1v) is 10.7. The normalized spacial score (nSPS) is 18.0. The average molecular weight is 407 g/mol. The van der Waals surface area contributed by atoms with Crippen molar-refractivity contribution in [1.29, 1.82) is 0 Å². The van der Waals surface area contributed by atoms with E-state index >= 15 is 0 Å². The lowest BCUT2D eigenvalue weighted by molar-refractivity contribution is -0.123. The van der Waals surface area contributed by atoms with E-state index in [4.69, 9.17) is 9.72 Å². The number of imidazole rings is 1. The predicted molar refractivity (Wildman–Crippen MR) is 119 cm³/mol. The number of aromatic nitrogens is 2. The van der Waals surface area contributed by atoms with Crippen molar-refractivity contribution >= 4 is 16.9 Å². The van der Waals surface area contributed by atoms with Gasteiger partial charge in [0.25, 0.3) is 0 Å². The van der Waals surface area contributed by atoms with E-state index in [1.54, 1.807) is 0 Å². The number of carbonyl (C=O) groups excluding carboxylic acids is 1. The van der Waals surface area contributed by atoms with Crippen LogP contribution < -0.4 is 15.4 Å². The SMILES string of the molecule is CC(C)n1c([C@@H](C)N[C@@H](C)C(=O)N[C@@H]2CCOc3ccccc32)nc2ccccc21. The van der Waals surface area contributed by atoms with E-state index in [0.717, 1.165) is 34.6 Å². The van der Waals surface area contributed by atoms with Crippen molar-refractivity contribution in [2.45, 2.75) is 58.3 Å². The molecule has 0 saturated heterocycles. The van der Waals surface area contributed by atoms with E-state index in [-0.39, 0.29) is 30.1 Å². The summed E-state index contributed by atoms with van der Waals surface area (Å²) >= 11 is 0. The lowest BCUT2D eigenvalue weighted by Crippen LogP contribution is -2.45. The van der Waals surface area contributed by atoms with Crippen LogP contribution in [-0.2, 0) is 4.79 Å². The van der Waals surface area contributed by atoms with Crippen LogP contribution in [0.1, 0.15) is 63.6 Å². The summed E-state index contributed by atoms with van der Waals surface area (Å²) in [6.07, 6.45) is 0.772. The first-order valence-electron chi connectivity index (χ1n) is 10.7. The topological polar surface area (TPSA) is 68.2 Å². The van der Waals surface area contributed by atoms with Gasteiger partial charge in [0, 0.05) is 18.0 Å². The van der Waals surface area contributed by atoms with Crippen molar-refractivity contribution in [3.63, 3.8) is 0 Å². The molecule has 2 aromatic carbocycles. The number of hydrogen-bond donors (Lipinski definition) is 2. The molecule has 30 heavy (non-hydrogen) atoms. The Bertz CT molecular complexity index is 1040. The maximum atomic E-state index is 12.9. The summed E-state index contributed by atoms with van der Waals surface area (Å²) < 4.78 is 7.95. The lowest BCUT2D eigenvalue weighted by atomic mass is 10.0. The maximum absolute atomic E-state index is 12.9. The summed E-state index contributed by atoms with van der Waals surface area (Å²) in [7, 11) is 0. The third-order valence-electron chi connectivity index (χ3n) is 5.70. The van der Waals surface area contributed by atoms with E-state index in [0.29, 0.717) is 6.61 Å². The molecule has 0 saturated carbocycles. The summed E-state index contributed by atoms with van der Waals surface area (Å²) in [6.45, 7) is 8.89. The fourth-order valence-corrected chi connectivity index (χ4v) is 4.23. The van der Waals surface area contributed by atoms with E-state index in [1.165, 1.54) is 0 Å². The van der Waals surface area contributed by atoms with Gasteiger partial charge in [0.2, 0.25) is 5.91 Å². The van der Waals surface area contributed by atoms with Crippen LogP contribution in [0.25, 0.3) is 11.0 Å². The molecule has 3 atom stereocenters. The summed E-state index contributed by atoms with van der Waals surface area (Å²) in [4.78, 5) is 17.8. The van der Waals surface area contributed by atoms with Gasteiger partial charge in [-0.1, -0.05) is 30.3 Å². The van der Waals surface area contributed by atoms with Crippen LogP contribution in [0.5, 0.6) is 5.75 Å². The van der Waals surface area contributed by atoms with Gasteiger partial charge in [-0.15, -0.1) is 0 Å². The highest BCUT2D eigenvalue weighted by Crippen LogP contribution is 2.31. The molecule has 6 nitrogen and oxygen atoms in total. The number of ether oxygens (including phenoxy) is 1. The summed E-state index contributed by atoms with van der Waals surface area (Å²) in [5, 5.41) is 6.63. The molecule has 6 heteroatoms. The Kier molecular flexibility index (Phi) is 5.77. The number of hydrogen-bond acceptors (Lipinski definition) is 4. The second-order valence-electron chi connectivity index (χ2n) is 8.27. The van der Waals surface area contributed by atoms with Gasteiger partial charge in [0.1, 0.15) is 11.6 Å². The van der Waals surface area contributed by atoms with Crippen molar-refractivity contribution in [2.24, 2.45) is 0 Å². The third-order valence-corrected chi connectivity index (χ3v) is 5.70. The molecule has 0 bridgehead atoms. The zero-order valence-electron chi connectivity index (χ0n) is 18.1. The van der Waals surface area contributed by atoms with Gasteiger partial charge in [0.15, 0.2) is 0 Å². The number of fused-ring (bicyclic) bond motifs is 2. The number of para-hydroxylation sites is 3. The fraction of sp³-hybridized carbons (Fsp3) is 0.417. The van der Waals surface area contributed by atoms with Crippen LogP contribution in [0.15, 0.2) is 48.5 Å². The van der Waals surface area contributed by atoms with E-state index in [9.17, 15) is 4.79 Å². The second-order valence-corrected chi connectivity index (χ2v) is 8.27. The van der Waals surface area contributed by atoms with Gasteiger partial charge in [0.05, 0.1) is 35.8 Å². The lowest BCUT2D eigenvalue weighted by Gasteiger charge is -2.28. The van der Waals surface area contributed by atoms with Gasteiger partial charge in [-0.2, -0.15) is 0 Å². The zero-order valence-corrected chi connectivity index (χ0v) is 18.1. The van der Waals surface area contributed by atoms with Crippen LogP contribution >= 0.6 is 0 Å². The molecule has 2 N–H and O–H groups in total. The quantitative estimate of drug-likeness (QED) is 0.641. The first kappa shape index (κ1) is 20.4. The third kappa shape index (κ3) is 3.92. The van der Waals surface area contributed by atoms with Crippen molar-refractivity contribution in [3.05, 3.63) is 59.9 Å². The summed E-state index contributed by atoms with van der Waals surface area (Å²) in [5.41, 5.74) is 3.14. The van der Waals surface area contributed by atoms with Crippen LogP contribution in [0.3, 0.4) is 0 Å². The molecule has 1 amide bonds. The number of carbonyl (C=O) groups is 1. The van der Waals surface area contributed by atoms with Gasteiger partial charge in [-0.25, -0.2) is 4.98 Å². The highest BCUT2D eigenvalue weighted by Gasteiger charge is 2.26. The number of nitrogens with zero attached hydrogens (tertiary/aromatic N) is 2. The van der Waals surface area contributed by atoms with Crippen molar-refractivity contribution in [3.8, 4) is 5.75 Å². The van der Waals surface area contributed by atoms with Gasteiger partial charge in [-0.05, 0) is 45.9 Å². The molecule has 1 aromatic heterocycles. The molecule has 1 aliphatic rings. The molecule has 158 valence electrons. The summed E-state index contributed by atoms with van der Waals surface area (Å²) in [5.74, 6) is 1.78. The largest absolute Gasteiger partial charge is 0.493 e. The maximum Gasteiger partial charge on any atom is 0.237 e. The smallest absolute Gasteiger partial charge is 0.237 e. The standard InChI is InChI=1S/C24H30N4O2/c1-15(2)28-21-11-7-6-10-20(21)26-23(28)16(3)25-17(4)24(29)27-19-13-14-30-22-12-8-5-9-18(19)22/h5-12,15-17,19,25H,13-14H2,1-4H3,(H,27,29)/t16-,17+,19-/m1/s1. The molecule has 0 unspecified atom stereocenters. The molecule has 0 radical (unpaired) electrons. The van der Waals surface area contributed by atoms with E-state index in [2.05, 4.69) is 42.0 Å². The molecule has 2 heterocycles. The van der Waals surface area contributed by atoms with Crippen LogP contribution in [0.4, 0.5) is 0 Å². The molecule has 0 aliphatic carbocycles. The van der Waals surface area contributed by atoms with Crippen molar-refractivity contribution < 1.29 is 9.53 Å². The monoisotopic (exact) mass is 406 g/mol. The molecule has 4 rings (SSSR count). The Morgan fingerprint density at radius 2 is 1.83 bits per heavy atom. The Morgan fingerprint density at radius 1 is 1.10 bits per heavy atom. The van der Waals surface area contributed by atoms with Crippen LogP contribution in [-0.4, -0.2) is 28.1 Å². The first-order chi connectivity index (χ1) is 14.5. The Hall–Kier alpha value is -2.86. The number of rotatable bonds is 6. The van der Waals surface area contributed by atoms with Gasteiger partial charge in [-0.3, -0.25) is 10.1 Å².